The van der Waals surface area contributed by atoms with E-state index in [4.69, 9.17) is 0 Å². The number of hydrogen-bond donors (Lipinski definition) is 4. The van der Waals surface area contributed by atoms with Crippen molar-refractivity contribution in [2.45, 2.75) is 5.79 Å². The van der Waals surface area contributed by atoms with E-state index in [9.17, 15) is 0 Å². The highest BCUT2D eigenvalue weighted by molar-refractivity contribution is 4.90. The second-order valence-electron chi connectivity index (χ2n) is 4.77. The third-order valence-corrected chi connectivity index (χ3v) is 3.73. The van der Waals surface area contributed by atoms with Crippen molar-refractivity contribution in [3.8, 4) is 0 Å². The maximum atomic E-state index is 3.62. The fourth-order valence-electron chi connectivity index (χ4n) is 2.84. The number of nitrogens with zero attached hydrogens (tertiary/aromatic N) is 2. The first-order valence-electron chi connectivity index (χ1n) is 6.34. The molecular weight excluding hydrogens is 204 g/mol. The zero-order chi connectivity index (χ0) is 10.8. The molecule has 1 atom stereocenters. The van der Waals surface area contributed by atoms with Gasteiger partial charge in [-0.15, -0.1) is 0 Å². The van der Waals surface area contributed by atoms with Gasteiger partial charge < -0.3 is 5.32 Å². The molecule has 16 heavy (non-hydrogen) atoms. The average Bonchev–Trinajstić information content (AvgIpc) is 2.45. The van der Waals surface area contributed by atoms with Crippen molar-refractivity contribution in [3.63, 3.8) is 0 Å². The van der Waals surface area contributed by atoms with Gasteiger partial charge in [-0.3, -0.25) is 16.0 Å². The van der Waals surface area contributed by atoms with Gasteiger partial charge >= 0.3 is 0 Å². The Kier molecular flexibility index (Phi) is 3.10. The van der Waals surface area contributed by atoms with E-state index in [0.717, 1.165) is 58.9 Å². The summed E-state index contributed by atoms with van der Waals surface area (Å²) in [5, 5.41) is 19.3. The molecule has 0 amide bonds. The van der Waals surface area contributed by atoms with Crippen LogP contribution in [0.2, 0.25) is 0 Å². The van der Waals surface area contributed by atoms with E-state index in [1.165, 1.54) is 0 Å². The molecule has 1 spiro atoms. The molecule has 4 saturated heterocycles. The van der Waals surface area contributed by atoms with E-state index in [-0.39, 0.29) is 5.79 Å². The Morgan fingerprint density at radius 3 is 1.75 bits per heavy atom. The molecule has 4 N–H and O–H groups in total. The maximum Gasteiger partial charge on any atom is 0.136 e. The number of rotatable bonds is 0. The lowest BCUT2D eigenvalue weighted by atomic mass is 10.2. The summed E-state index contributed by atoms with van der Waals surface area (Å²) in [6.45, 7) is 9.54. The molecule has 4 aliphatic rings. The molecule has 4 fully saturated rings. The van der Waals surface area contributed by atoms with Crippen molar-refractivity contribution >= 4 is 0 Å². The van der Waals surface area contributed by atoms with Gasteiger partial charge in [-0.2, -0.15) is 0 Å². The van der Waals surface area contributed by atoms with Crippen molar-refractivity contribution in [1.29, 1.82) is 0 Å². The molecule has 0 aromatic rings. The van der Waals surface area contributed by atoms with E-state index >= 15 is 0 Å². The van der Waals surface area contributed by atoms with Crippen LogP contribution < -0.4 is 21.3 Å². The normalized spacial score (nSPS) is 45.0. The zero-order valence-corrected chi connectivity index (χ0v) is 9.76. The minimum absolute atomic E-state index is 0.105. The van der Waals surface area contributed by atoms with Crippen molar-refractivity contribution in [3.05, 3.63) is 0 Å². The molecule has 0 saturated carbocycles. The summed E-state index contributed by atoms with van der Waals surface area (Å²) in [4.78, 5) is 0. The van der Waals surface area contributed by atoms with Crippen LogP contribution in [0.5, 0.6) is 0 Å². The van der Waals surface area contributed by atoms with Crippen LogP contribution in [0, 0.1) is 0 Å². The molecule has 0 aliphatic carbocycles. The maximum absolute atomic E-state index is 3.62. The lowest BCUT2D eigenvalue weighted by molar-refractivity contribution is -0.0248. The molecule has 6 nitrogen and oxygen atoms in total. The summed E-state index contributed by atoms with van der Waals surface area (Å²) < 4.78 is 0. The smallest absolute Gasteiger partial charge is 0.136 e. The molecular formula is C10H22N6. The van der Waals surface area contributed by atoms with Crippen LogP contribution >= 0.6 is 0 Å². The van der Waals surface area contributed by atoms with E-state index < -0.39 is 0 Å². The Labute approximate surface area is 96.7 Å². The SMILES string of the molecule is C1CN2CCNC3(CN1)NCCN2CCN3. The van der Waals surface area contributed by atoms with E-state index in [0.29, 0.717) is 0 Å². The van der Waals surface area contributed by atoms with Gasteiger partial charge in [-0.25, -0.2) is 10.0 Å². The van der Waals surface area contributed by atoms with Crippen LogP contribution in [0.15, 0.2) is 0 Å². The lowest BCUT2D eigenvalue weighted by Crippen LogP contribution is -2.73. The van der Waals surface area contributed by atoms with Gasteiger partial charge in [-0.1, -0.05) is 0 Å². The molecule has 0 aromatic carbocycles. The molecule has 1 unspecified atom stereocenters. The van der Waals surface area contributed by atoms with Gasteiger partial charge in [0.25, 0.3) is 0 Å². The number of nitrogens with one attached hydrogen (secondary N) is 4. The predicted octanol–water partition coefficient (Wildman–Crippen LogP) is -2.44. The number of hydrazine groups is 1. The van der Waals surface area contributed by atoms with Crippen LogP contribution in [0.1, 0.15) is 0 Å². The quantitative estimate of drug-likeness (QED) is 0.368. The largest absolute Gasteiger partial charge is 0.311 e. The Bertz CT molecular complexity index is 230. The molecule has 6 heteroatoms. The van der Waals surface area contributed by atoms with Gasteiger partial charge in [0.05, 0.1) is 0 Å². The average molecular weight is 226 g/mol. The molecule has 3 bridgehead atoms. The van der Waals surface area contributed by atoms with Gasteiger partial charge in [0.2, 0.25) is 0 Å². The third-order valence-electron chi connectivity index (χ3n) is 3.73. The summed E-state index contributed by atoms with van der Waals surface area (Å²) >= 11 is 0. The Hall–Kier alpha value is -0.240. The summed E-state index contributed by atoms with van der Waals surface area (Å²) in [6, 6.07) is 0. The van der Waals surface area contributed by atoms with Crippen molar-refractivity contribution in [2.75, 3.05) is 58.9 Å². The minimum Gasteiger partial charge on any atom is -0.311 e. The summed E-state index contributed by atoms with van der Waals surface area (Å²) in [5.74, 6) is -0.105. The topological polar surface area (TPSA) is 54.6 Å². The van der Waals surface area contributed by atoms with Crippen molar-refractivity contribution in [1.82, 2.24) is 31.3 Å². The first-order valence-corrected chi connectivity index (χ1v) is 6.34. The van der Waals surface area contributed by atoms with Crippen LogP contribution in [-0.4, -0.2) is 74.7 Å². The fourth-order valence-corrected chi connectivity index (χ4v) is 2.84. The van der Waals surface area contributed by atoms with Crippen LogP contribution in [-0.2, 0) is 0 Å². The van der Waals surface area contributed by atoms with Crippen LogP contribution in [0.25, 0.3) is 0 Å². The predicted molar refractivity (Wildman–Crippen MR) is 62.8 cm³/mol. The van der Waals surface area contributed by atoms with Gasteiger partial charge in [0.15, 0.2) is 0 Å². The van der Waals surface area contributed by atoms with E-state index in [1.807, 2.05) is 0 Å². The molecule has 4 rings (SSSR count). The second kappa shape index (κ2) is 4.56. The number of fused-ring (bicyclic) bond motifs is 4. The van der Waals surface area contributed by atoms with Crippen LogP contribution in [0.4, 0.5) is 0 Å². The number of hydrogen-bond acceptors (Lipinski definition) is 6. The first kappa shape index (κ1) is 10.9. The first-order chi connectivity index (χ1) is 7.88. The van der Waals surface area contributed by atoms with Gasteiger partial charge in [0, 0.05) is 58.9 Å². The van der Waals surface area contributed by atoms with Gasteiger partial charge in [0.1, 0.15) is 5.79 Å². The zero-order valence-electron chi connectivity index (χ0n) is 9.76. The summed E-state index contributed by atoms with van der Waals surface area (Å²) in [5.41, 5.74) is 0. The Morgan fingerprint density at radius 2 is 1.19 bits per heavy atom. The Morgan fingerprint density at radius 1 is 0.688 bits per heavy atom. The van der Waals surface area contributed by atoms with Crippen LogP contribution in [0.3, 0.4) is 0 Å². The third kappa shape index (κ3) is 2.09. The fraction of sp³-hybridized carbons (Fsp3) is 1.00. The molecule has 0 radical (unpaired) electrons. The molecule has 0 aromatic heterocycles. The van der Waals surface area contributed by atoms with Gasteiger partial charge in [-0.05, 0) is 0 Å². The summed E-state index contributed by atoms with van der Waals surface area (Å²) in [6.07, 6.45) is 0. The highest BCUT2D eigenvalue weighted by atomic mass is 15.6. The van der Waals surface area contributed by atoms with E-state index in [2.05, 4.69) is 31.3 Å². The molecule has 4 heterocycles. The highest BCUT2D eigenvalue weighted by Crippen LogP contribution is 2.07. The minimum atomic E-state index is -0.105. The standard InChI is InChI=1S/C10H22N6/c1-5-15-6-2-12-10(9-11-1)13-3-7-16(15)8-4-14-10/h11-14H,1-9H2. The lowest BCUT2D eigenvalue weighted by Gasteiger charge is -2.41. The summed E-state index contributed by atoms with van der Waals surface area (Å²) in [7, 11) is 0. The molecule has 92 valence electrons. The molecule has 4 aliphatic heterocycles. The monoisotopic (exact) mass is 226 g/mol. The van der Waals surface area contributed by atoms with Crippen molar-refractivity contribution < 1.29 is 0 Å². The second-order valence-corrected chi connectivity index (χ2v) is 4.77. The van der Waals surface area contributed by atoms with Crippen molar-refractivity contribution in [2.24, 2.45) is 0 Å². The Balaban J connectivity index is 1.89. The van der Waals surface area contributed by atoms with E-state index in [1.54, 1.807) is 0 Å². The highest BCUT2D eigenvalue weighted by Gasteiger charge is 2.33.